The summed E-state index contributed by atoms with van der Waals surface area (Å²) in [6, 6.07) is 0. The van der Waals surface area contributed by atoms with E-state index in [4.69, 9.17) is 0 Å². The van der Waals surface area contributed by atoms with Gasteiger partial charge in [0, 0.05) is 19.6 Å². The van der Waals surface area contributed by atoms with Crippen LogP contribution in [0.15, 0.2) is 0 Å². The molecule has 1 aliphatic carbocycles. The van der Waals surface area contributed by atoms with E-state index in [1.165, 1.54) is 77.7 Å². The highest BCUT2D eigenvalue weighted by Crippen LogP contribution is 2.38. The third-order valence-corrected chi connectivity index (χ3v) is 5.65. The van der Waals surface area contributed by atoms with Crippen molar-refractivity contribution in [3.63, 3.8) is 0 Å². The first-order chi connectivity index (χ1) is 9.65. The lowest BCUT2D eigenvalue weighted by atomic mass is 9.73. The lowest BCUT2D eigenvalue weighted by Gasteiger charge is -2.40. The molecule has 1 atom stereocenters. The zero-order valence-electron chi connectivity index (χ0n) is 14.1. The van der Waals surface area contributed by atoms with Crippen LogP contribution in [0, 0.1) is 17.3 Å². The summed E-state index contributed by atoms with van der Waals surface area (Å²) in [5, 5.41) is 3.73. The number of rotatable bonds is 7. The molecule has 20 heavy (non-hydrogen) atoms. The van der Waals surface area contributed by atoms with E-state index in [-0.39, 0.29) is 0 Å². The van der Waals surface area contributed by atoms with Gasteiger partial charge >= 0.3 is 0 Å². The van der Waals surface area contributed by atoms with E-state index in [9.17, 15) is 0 Å². The van der Waals surface area contributed by atoms with Gasteiger partial charge in [-0.25, -0.2) is 0 Å². The highest BCUT2D eigenvalue weighted by molar-refractivity contribution is 4.90. The Kier molecular flexibility index (Phi) is 6.35. The Balaban J connectivity index is 1.87. The Morgan fingerprint density at radius 3 is 2.55 bits per heavy atom. The Bertz CT molecular complexity index is 269. The van der Waals surface area contributed by atoms with Crippen LogP contribution in [0.3, 0.4) is 0 Å². The van der Waals surface area contributed by atoms with E-state index in [0.717, 1.165) is 11.8 Å². The van der Waals surface area contributed by atoms with Crippen molar-refractivity contribution in [3.8, 4) is 0 Å². The minimum absolute atomic E-state index is 0.583. The second-order valence-corrected chi connectivity index (χ2v) is 7.77. The molecule has 0 spiro atoms. The van der Waals surface area contributed by atoms with E-state index in [2.05, 4.69) is 31.0 Å². The molecule has 1 saturated heterocycles. The van der Waals surface area contributed by atoms with Crippen molar-refractivity contribution in [2.75, 3.05) is 32.7 Å². The minimum atomic E-state index is 0.583. The lowest BCUT2D eigenvalue weighted by molar-refractivity contribution is 0.113. The fourth-order valence-corrected chi connectivity index (χ4v) is 4.25. The summed E-state index contributed by atoms with van der Waals surface area (Å²) < 4.78 is 0. The number of likely N-dealkylation sites (tertiary alicyclic amines) is 1. The zero-order valence-corrected chi connectivity index (χ0v) is 14.1. The third-order valence-electron chi connectivity index (χ3n) is 5.65. The lowest BCUT2D eigenvalue weighted by Crippen LogP contribution is -2.45. The largest absolute Gasteiger partial charge is 0.316 e. The molecule has 0 aromatic rings. The average Bonchev–Trinajstić information content (AvgIpc) is 2.88. The summed E-state index contributed by atoms with van der Waals surface area (Å²) in [4.78, 5) is 2.78. The molecule has 0 radical (unpaired) electrons. The van der Waals surface area contributed by atoms with Crippen LogP contribution in [0.1, 0.15) is 65.7 Å². The van der Waals surface area contributed by atoms with E-state index in [1.54, 1.807) is 0 Å². The van der Waals surface area contributed by atoms with Crippen molar-refractivity contribution in [2.24, 2.45) is 17.3 Å². The van der Waals surface area contributed by atoms with Crippen LogP contribution in [-0.4, -0.2) is 37.6 Å². The van der Waals surface area contributed by atoms with Crippen LogP contribution in [0.2, 0.25) is 0 Å². The van der Waals surface area contributed by atoms with Crippen LogP contribution in [0.5, 0.6) is 0 Å². The smallest absolute Gasteiger partial charge is 0.00503 e. The van der Waals surface area contributed by atoms with E-state index in [1.807, 2.05) is 0 Å². The molecule has 1 aliphatic heterocycles. The molecular formula is C18H36N2. The van der Waals surface area contributed by atoms with Crippen LogP contribution in [0.25, 0.3) is 0 Å². The molecule has 2 heteroatoms. The summed E-state index contributed by atoms with van der Waals surface area (Å²) >= 11 is 0. The molecule has 118 valence electrons. The molecule has 1 unspecified atom stereocenters. The Labute approximate surface area is 126 Å². The fraction of sp³-hybridized carbons (Fsp3) is 1.00. The molecule has 0 amide bonds. The second-order valence-electron chi connectivity index (χ2n) is 7.77. The number of nitrogens with zero attached hydrogens (tertiary/aromatic N) is 1. The van der Waals surface area contributed by atoms with E-state index >= 15 is 0 Å². The number of nitrogens with one attached hydrogen (secondary N) is 1. The van der Waals surface area contributed by atoms with E-state index in [0.29, 0.717) is 5.41 Å². The van der Waals surface area contributed by atoms with Gasteiger partial charge in [-0.15, -0.1) is 0 Å². The maximum absolute atomic E-state index is 3.73. The highest BCUT2D eigenvalue weighted by atomic mass is 15.2. The van der Waals surface area contributed by atoms with Crippen molar-refractivity contribution in [1.82, 2.24) is 10.2 Å². The average molecular weight is 280 g/mol. The summed E-state index contributed by atoms with van der Waals surface area (Å²) in [7, 11) is 0. The predicted octanol–water partition coefficient (Wildman–Crippen LogP) is 3.91. The van der Waals surface area contributed by atoms with Gasteiger partial charge in [-0.3, -0.25) is 0 Å². The van der Waals surface area contributed by atoms with Crippen molar-refractivity contribution in [2.45, 2.75) is 65.7 Å². The SMILES string of the molecule is CCCNCC1(CN2CCC(C(C)C)C2)CCCCC1. The quantitative estimate of drug-likeness (QED) is 0.711. The molecule has 0 aromatic carbocycles. The summed E-state index contributed by atoms with van der Waals surface area (Å²) in [5.74, 6) is 1.81. The predicted molar refractivity (Wildman–Crippen MR) is 88.1 cm³/mol. The first-order valence-corrected chi connectivity index (χ1v) is 9.08. The second kappa shape index (κ2) is 7.79. The van der Waals surface area contributed by atoms with Gasteiger partial charge in [0.2, 0.25) is 0 Å². The van der Waals surface area contributed by atoms with E-state index < -0.39 is 0 Å². The first-order valence-electron chi connectivity index (χ1n) is 9.08. The van der Waals surface area contributed by atoms with Crippen LogP contribution in [-0.2, 0) is 0 Å². The normalized spacial score (nSPS) is 27.3. The van der Waals surface area contributed by atoms with Gasteiger partial charge < -0.3 is 10.2 Å². The summed E-state index contributed by atoms with van der Waals surface area (Å²) in [6.07, 6.45) is 9.96. The molecule has 2 rings (SSSR count). The van der Waals surface area contributed by atoms with Crippen LogP contribution >= 0.6 is 0 Å². The van der Waals surface area contributed by atoms with Gasteiger partial charge in [0.05, 0.1) is 0 Å². The van der Waals surface area contributed by atoms with Gasteiger partial charge in [-0.1, -0.05) is 40.0 Å². The topological polar surface area (TPSA) is 15.3 Å². The molecule has 2 nitrogen and oxygen atoms in total. The van der Waals surface area contributed by atoms with Crippen molar-refractivity contribution < 1.29 is 0 Å². The number of hydrogen-bond donors (Lipinski definition) is 1. The van der Waals surface area contributed by atoms with Gasteiger partial charge in [0.1, 0.15) is 0 Å². The minimum Gasteiger partial charge on any atom is -0.316 e. The van der Waals surface area contributed by atoms with Crippen molar-refractivity contribution in [3.05, 3.63) is 0 Å². The van der Waals surface area contributed by atoms with Gasteiger partial charge in [0.15, 0.2) is 0 Å². The van der Waals surface area contributed by atoms with Gasteiger partial charge in [-0.05, 0) is 56.0 Å². The highest BCUT2D eigenvalue weighted by Gasteiger charge is 2.36. The summed E-state index contributed by atoms with van der Waals surface area (Å²) in [6.45, 7) is 13.6. The third kappa shape index (κ3) is 4.46. The number of hydrogen-bond acceptors (Lipinski definition) is 2. The molecule has 1 N–H and O–H groups in total. The van der Waals surface area contributed by atoms with Gasteiger partial charge in [0.25, 0.3) is 0 Å². The molecular weight excluding hydrogens is 244 g/mol. The van der Waals surface area contributed by atoms with Crippen molar-refractivity contribution >= 4 is 0 Å². The molecule has 2 aliphatic rings. The standard InChI is InChI=1S/C18H36N2/c1-4-11-19-14-18(9-6-5-7-10-18)15-20-12-8-17(13-20)16(2)3/h16-17,19H,4-15H2,1-3H3. The maximum atomic E-state index is 3.73. The Morgan fingerprint density at radius 2 is 1.95 bits per heavy atom. The maximum Gasteiger partial charge on any atom is 0.00503 e. The monoisotopic (exact) mass is 280 g/mol. The fourth-order valence-electron chi connectivity index (χ4n) is 4.25. The molecule has 1 heterocycles. The first kappa shape index (κ1) is 16.3. The zero-order chi connectivity index (χ0) is 14.4. The van der Waals surface area contributed by atoms with Crippen LogP contribution < -0.4 is 5.32 Å². The Hall–Kier alpha value is -0.0800. The van der Waals surface area contributed by atoms with Crippen LogP contribution in [0.4, 0.5) is 0 Å². The van der Waals surface area contributed by atoms with Crippen molar-refractivity contribution in [1.29, 1.82) is 0 Å². The molecule has 0 bridgehead atoms. The molecule has 2 fully saturated rings. The summed E-state index contributed by atoms with van der Waals surface area (Å²) in [5.41, 5.74) is 0.583. The van der Waals surface area contributed by atoms with Gasteiger partial charge in [-0.2, -0.15) is 0 Å². The Morgan fingerprint density at radius 1 is 1.20 bits per heavy atom. The molecule has 1 saturated carbocycles. The molecule has 0 aromatic heterocycles.